The molecule has 0 fully saturated rings. The molecule has 15 rings (SSSR count). The van der Waals surface area contributed by atoms with Crippen LogP contribution in [0.5, 0.6) is 0 Å². The Labute approximate surface area is 717 Å². The number of rotatable bonds is 12. The smallest absolute Gasteiger partial charge is 0.434 e. The lowest BCUT2D eigenvalue weighted by molar-refractivity contribution is 0.0540. The van der Waals surface area contributed by atoms with Gasteiger partial charge in [0.15, 0.2) is 11.9 Å². The first kappa shape index (κ1) is 89.0. The van der Waals surface area contributed by atoms with Gasteiger partial charge in [0.2, 0.25) is 0 Å². The standard InChI is InChI=1S/C36H42N8O4.C24H24N10.C22H20N6.C8H15NO2S.CH4/c1-21(39-33(45)47-35(3,4)5)37-25-15-17-27-29(19-25)43(9)31(41-27)23-11-13-24(14-12-23)32-42-28-18-16-26(20-30(28)44(32)10)38-22(2)40-34(46)48-36(6,7)8;1-33-19-11-15(29-23(25)26)7-9-17(19)31-21(33)13-3-5-14(6-4-13)22-32-18-10-8-16(30-24(27)28)12-20(18)34(22)2;1-27-19-11-15(23)7-9-17(19)25-21(27)13-3-5-14(6-4-13)22-26-18-10-8-16(24)12-20(18)28(22)2;1-6(12-5)9-7(10)11-8(2,3)4;/h11-20,37H,1H2,2-10H3,(H,39,45)(H,38,40,46);3-12H,1-2H3,(H4,25,26,29)(H4,27,28,30);3-12H,23-24H2,1-2H3;1-5H3;1H4. The number of amides is 3. The molecule has 15 aromatic rings. The van der Waals surface area contributed by atoms with E-state index in [1.807, 2.05) is 266 Å². The third-order valence-corrected chi connectivity index (χ3v) is 19.5. The quantitative estimate of drug-likeness (QED) is 0.0237. The van der Waals surface area contributed by atoms with Crippen LogP contribution < -0.4 is 50.4 Å². The number of nitrogens with two attached hydrogens (primary N) is 6. The van der Waals surface area contributed by atoms with E-state index in [4.69, 9.17) is 78.5 Å². The number of carbonyl (C=O) groups is 3. The molecule has 123 heavy (non-hydrogen) atoms. The number of nitrogen functional groups attached to an aromatic ring is 2. The number of thioether (sulfide) groups is 1. The average Bonchev–Trinajstić information content (AvgIpc) is 1.64. The second-order valence-corrected chi connectivity index (χ2v) is 32.9. The number of fused-ring (bicyclic) bond motifs is 6. The Hall–Kier alpha value is -14.8. The summed E-state index contributed by atoms with van der Waals surface area (Å²) in [5.41, 5.74) is 53.4. The molecule has 0 unspecified atom stereocenters. The van der Waals surface area contributed by atoms with Gasteiger partial charge in [-0.3, -0.25) is 10.6 Å². The highest BCUT2D eigenvalue weighted by Gasteiger charge is 2.23. The van der Waals surface area contributed by atoms with E-state index in [1.165, 1.54) is 11.8 Å². The highest BCUT2D eigenvalue weighted by molar-refractivity contribution is 8.13. The van der Waals surface area contributed by atoms with Crippen molar-refractivity contribution in [3.63, 3.8) is 0 Å². The van der Waals surface area contributed by atoms with Gasteiger partial charge in [0.1, 0.15) is 63.4 Å². The van der Waals surface area contributed by atoms with Crippen LogP contribution in [0, 0.1) is 0 Å². The molecule has 0 aliphatic carbocycles. The van der Waals surface area contributed by atoms with Crippen molar-refractivity contribution in [3.05, 3.63) is 194 Å². The molecule has 0 atom stereocenters. The van der Waals surface area contributed by atoms with Crippen molar-refractivity contribution < 1.29 is 28.6 Å². The minimum Gasteiger partial charge on any atom is -0.444 e. The van der Waals surface area contributed by atoms with Crippen LogP contribution in [0.25, 0.3) is 135 Å². The fraction of sp³-hybridized carbons (Fsp3) is 0.242. The largest absolute Gasteiger partial charge is 0.444 e. The van der Waals surface area contributed by atoms with Crippen LogP contribution in [0.2, 0.25) is 0 Å². The first-order chi connectivity index (χ1) is 57.6. The summed E-state index contributed by atoms with van der Waals surface area (Å²) in [6.45, 7) is 23.7. The van der Waals surface area contributed by atoms with Crippen molar-refractivity contribution >= 4 is 153 Å². The van der Waals surface area contributed by atoms with E-state index in [9.17, 15) is 14.4 Å². The minimum atomic E-state index is -0.610. The summed E-state index contributed by atoms with van der Waals surface area (Å²) in [7, 11) is 11.9. The topological polar surface area (TPSA) is 427 Å². The van der Waals surface area contributed by atoms with Crippen molar-refractivity contribution in [1.29, 1.82) is 0 Å². The summed E-state index contributed by atoms with van der Waals surface area (Å²) in [5.74, 6) is 5.89. The van der Waals surface area contributed by atoms with Gasteiger partial charge in [-0.2, -0.15) is 4.99 Å². The van der Waals surface area contributed by atoms with Gasteiger partial charge < -0.3 is 81.3 Å². The predicted molar refractivity (Wildman–Crippen MR) is 501 cm³/mol. The van der Waals surface area contributed by atoms with Crippen molar-refractivity contribution in [3.8, 4) is 68.3 Å². The molecule has 3 amide bonds. The van der Waals surface area contributed by atoms with E-state index >= 15 is 0 Å². The Balaban J connectivity index is 0.000000172. The number of hydrogen-bond donors (Lipinski definition) is 9. The number of guanidine groups is 2. The van der Waals surface area contributed by atoms with Crippen LogP contribution in [0.4, 0.5) is 48.5 Å². The Kier molecular flexibility index (Phi) is 26.3. The number of alkyl carbamates (subject to hydrolysis) is 2. The maximum atomic E-state index is 12.1. The predicted octanol–water partition coefficient (Wildman–Crippen LogP) is 17.7. The number of benzene rings is 9. The van der Waals surface area contributed by atoms with Gasteiger partial charge in [-0.1, -0.05) is 86.8 Å². The van der Waals surface area contributed by atoms with Crippen LogP contribution in [0.3, 0.4) is 0 Å². The van der Waals surface area contributed by atoms with E-state index in [0.29, 0.717) is 33.8 Å². The number of carbonyl (C=O) groups excluding carboxylic acids is 3. The zero-order chi connectivity index (χ0) is 88.1. The van der Waals surface area contributed by atoms with Gasteiger partial charge in [0.05, 0.1) is 88.3 Å². The molecule has 0 saturated heterocycles. The number of aromatic nitrogens is 12. The van der Waals surface area contributed by atoms with Gasteiger partial charge in [0, 0.05) is 92.7 Å². The van der Waals surface area contributed by atoms with Gasteiger partial charge in [-0.25, -0.2) is 59.3 Å². The molecule has 32 heteroatoms. The van der Waals surface area contributed by atoms with Crippen LogP contribution in [-0.2, 0) is 56.5 Å². The monoisotopic (exact) mass is 1680 g/mol. The van der Waals surface area contributed by atoms with E-state index in [2.05, 4.69) is 75.9 Å². The van der Waals surface area contributed by atoms with Gasteiger partial charge >= 0.3 is 18.3 Å². The molecule has 15 N–H and O–H groups in total. The summed E-state index contributed by atoms with van der Waals surface area (Å²) < 4.78 is 27.8. The SMILES string of the molecule is C.C=C(NC(=O)OC(C)(C)C)Nc1ccc2nc(-c3ccc(-c4nc5ccc(N=C(C)NC(=O)OC(C)(C)C)cc5n4C)cc3)n(C)c2c1.CSC(C)=NC(=O)OC(C)(C)C.Cn1c(-c2ccc(-c3nc4ccc(N)cc4n3C)cc2)nc2ccc(N)cc21.Cn1c(-c2ccc(-c3nc4ccc(N=C(N)N)cc4n3C)cc2)nc2ccc(N=C(N)N)cc21. The maximum absolute atomic E-state index is 12.1. The highest BCUT2D eigenvalue weighted by atomic mass is 32.2. The third-order valence-electron chi connectivity index (χ3n) is 18.9. The molecule has 0 bridgehead atoms. The number of amidine groups is 1. The summed E-state index contributed by atoms with van der Waals surface area (Å²) in [5, 5.41) is 9.10. The van der Waals surface area contributed by atoms with Gasteiger partial charge in [0.25, 0.3) is 0 Å². The van der Waals surface area contributed by atoms with Crippen LogP contribution in [0.15, 0.2) is 214 Å². The highest BCUT2D eigenvalue weighted by Crippen LogP contribution is 2.36. The molecule has 0 saturated carbocycles. The molecule has 0 aliphatic heterocycles. The molecular formula is C91H105N25O6S. The summed E-state index contributed by atoms with van der Waals surface area (Å²) in [6, 6.07) is 58.9. The molecule has 0 aliphatic rings. The molecule has 6 heterocycles. The molecule has 9 aromatic carbocycles. The number of ether oxygens (including phenoxy) is 3. The summed E-state index contributed by atoms with van der Waals surface area (Å²) >= 11 is 1.43. The Morgan fingerprint density at radius 1 is 0.382 bits per heavy atom. The second-order valence-electron chi connectivity index (χ2n) is 31.9. The minimum absolute atomic E-state index is 0. The van der Waals surface area contributed by atoms with Crippen LogP contribution >= 0.6 is 11.8 Å². The van der Waals surface area contributed by atoms with Crippen molar-refractivity contribution in [2.45, 2.75) is 100 Å². The Bertz CT molecular complexity index is 6400. The number of hydrogen-bond acceptors (Lipinski definition) is 19. The lowest BCUT2D eigenvalue weighted by Gasteiger charge is -2.20. The van der Waals surface area contributed by atoms with Crippen molar-refractivity contribution in [2.24, 2.45) is 85.2 Å². The number of nitrogens with one attached hydrogen (secondary N) is 3. The zero-order valence-electron chi connectivity index (χ0n) is 71.5. The molecule has 636 valence electrons. The van der Waals surface area contributed by atoms with Gasteiger partial charge in [-0.05, 0) is 192 Å². The lowest BCUT2D eigenvalue weighted by atomic mass is 10.1. The molecule has 31 nitrogen and oxygen atoms in total. The van der Waals surface area contributed by atoms with E-state index in [0.717, 1.165) is 152 Å². The first-order valence-electron chi connectivity index (χ1n) is 38.8. The Morgan fingerprint density at radius 2 is 0.650 bits per heavy atom. The number of imidazole rings is 6. The number of nitrogens with zero attached hydrogens (tertiary/aromatic N) is 16. The molecule has 0 spiro atoms. The fourth-order valence-electron chi connectivity index (χ4n) is 13.3. The van der Waals surface area contributed by atoms with Crippen molar-refractivity contribution in [1.82, 2.24) is 67.9 Å². The van der Waals surface area contributed by atoms with Gasteiger partial charge in [-0.15, -0.1) is 11.8 Å². The Morgan fingerprint density at radius 3 is 0.943 bits per heavy atom. The number of anilines is 3. The van der Waals surface area contributed by atoms with E-state index in [-0.39, 0.29) is 19.3 Å². The molecule has 6 aromatic heterocycles. The maximum Gasteiger partial charge on any atom is 0.434 e. The normalized spacial score (nSPS) is 11.7. The second kappa shape index (κ2) is 36.4. The number of aliphatic imine (C=N–C) groups is 4. The van der Waals surface area contributed by atoms with E-state index in [1.54, 1.807) is 34.6 Å². The summed E-state index contributed by atoms with van der Waals surface area (Å²) in [4.78, 5) is 80.6. The zero-order valence-corrected chi connectivity index (χ0v) is 72.3. The van der Waals surface area contributed by atoms with Crippen LogP contribution in [-0.4, -0.2) is 121 Å². The van der Waals surface area contributed by atoms with Crippen molar-refractivity contribution in [2.75, 3.05) is 23.0 Å². The van der Waals surface area contributed by atoms with Crippen LogP contribution in [0.1, 0.15) is 83.6 Å². The average molecular weight is 1680 g/mol. The van der Waals surface area contributed by atoms with E-state index < -0.39 is 35.1 Å². The number of aryl methyl sites for hydroxylation is 6. The fourth-order valence-corrected chi connectivity index (χ4v) is 13.5. The first-order valence-corrected chi connectivity index (χ1v) is 40.0. The third kappa shape index (κ3) is 21.6. The summed E-state index contributed by atoms with van der Waals surface area (Å²) in [6.07, 6.45) is 0.218. The molecule has 0 radical (unpaired) electrons. The lowest BCUT2D eigenvalue weighted by Crippen LogP contribution is -2.35. The molecular weight excluding hydrogens is 1570 g/mol.